The Balaban J connectivity index is 1.99. The van der Waals surface area contributed by atoms with E-state index in [9.17, 15) is 9.59 Å². The number of hydrogen-bond acceptors (Lipinski definition) is 4. The summed E-state index contributed by atoms with van der Waals surface area (Å²) in [7, 11) is 0. The topological polar surface area (TPSA) is 71.1 Å². The maximum Gasteiger partial charge on any atom is 0.276 e. The van der Waals surface area contributed by atoms with Crippen LogP contribution >= 0.6 is 11.6 Å². The fourth-order valence-corrected chi connectivity index (χ4v) is 1.87. The predicted octanol–water partition coefficient (Wildman–Crippen LogP) is 0.743. The summed E-state index contributed by atoms with van der Waals surface area (Å²) < 4.78 is 0. The molecular formula is C11H12ClN3O2. The van der Waals surface area contributed by atoms with E-state index in [4.69, 9.17) is 11.6 Å². The molecule has 17 heavy (non-hydrogen) atoms. The molecule has 2 N–H and O–H groups in total. The minimum atomic E-state index is -0.522. The van der Waals surface area contributed by atoms with Gasteiger partial charge in [-0.15, -0.1) is 0 Å². The first-order chi connectivity index (χ1) is 8.16. The lowest BCUT2D eigenvalue weighted by atomic mass is 10.2. The molecule has 1 aliphatic heterocycles. The molecular weight excluding hydrogens is 242 g/mol. The molecule has 1 aliphatic rings. The Morgan fingerprint density at radius 2 is 2.29 bits per heavy atom. The van der Waals surface area contributed by atoms with E-state index in [0.717, 1.165) is 19.4 Å². The molecule has 0 aliphatic carbocycles. The number of rotatable bonds is 2. The first kappa shape index (κ1) is 12.0. The highest BCUT2D eigenvalue weighted by atomic mass is 35.5. The molecule has 1 unspecified atom stereocenters. The highest BCUT2D eigenvalue weighted by molar-refractivity contribution is 6.29. The zero-order chi connectivity index (χ0) is 12.3. The maximum absolute atomic E-state index is 11.7. The Bertz CT molecular complexity index is 444. The van der Waals surface area contributed by atoms with Crippen LogP contribution in [-0.2, 0) is 4.79 Å². The highest BCUT2D eigenvalue weighted by Gasteiger charge is 2.24. The second kappa shape index (κ2) is 5.25. The Labute approximate surface area is 104 Å². The van der Waals surface area contributed by atoms with Crippen LogP contribution in [0.2, 0.25) is 5.15 Å². The van der Waals surface area contributed by atoms with E-state index in [-0.39, 0.29) is 22.8 Å². The van der Waals surface area contributed by atoms with Gasteiger partial charge in [-0.25, -0.2) is 4.98 Å². The Kier molecular flexibility index (Phi) is 3.71. The normalized spacial score (nSPS) is 19.0. The SMILES string of the molecule is O=C(NC(=O)C1CCCN1)c1cccc(Cl)n1. The Hall–Kier alpha value is -1.46. The number of imide groups is 1. The molecule has 1 fully saturated rings. The zero-order valence-electron chi connectivity index (χ0n) is 9.07. The summed E-state index contributed by atoms with van der Waals surface area (Å²) in [4.78, 5) is 27.2. The van der Waals surface area contributed by atoms with Gasteiger partial charge in [0.1, 0.15) is 10.8 Å². The highest BCUT2D eigenvalue weighted by Crippen LogP contribution is 2.07. The van der Waals surface area contributed by atoms with Gasteiger partial charge in [-0.3, -0.25) is 14.9 Å². The molecule has 1 atom stereocenters. The average Bonchev–Trinajstić information content (AvgIpc) is 2.82. The molecule has 0 aromatic carbocycles. The molecule has 1 aromatic rings. The summed E-state index contributed by atoms with van der Waals surface area (Å²) in [6.45, 7) is 0.807. The summed E-state index contributed by atoms with van der Waals surface area (Å²) in [6.07, 6.45) is 1.70. The second-order valence-corrected chi connectivity index (χ2v) is 4.20. The summed E-state index contributed by atoms with van der Waals surface area (Å²) >= 11 is 5.66. The van der Waals surface area contributed by atoms with Crippen LogP contribution in [0, 0.1) is 0 Å². The largest absolute Gasteiger partial charge is 0.306 e. The van der Waals surface area contributed by atoms with E-state index in [0.29, 0.717) is 0 Å². The molecule has 0 saturated carbocycles. The van der Waals surface area contributed by atoms with Crippen LogP contribution in [0.3, 0.4) is 0 Å². The van der Waals surface area contributed by atoms with E-state index < -0.39 is 5.91 Å². The number of pyridine rings is 1. The van der Waals surface area contributed by atoms with Crippen molar-refractivity contribution >= 4 is 23.4 Å². The Morgan fingerprint density at radius 3 is 2.94 bits per heavy atom. The molecule has 1 aromatic heterocycles. The number of amides is 2. The van der Waals surface area contributed by atoms with E-state index in [1.54, 1.807) is 12.1 Å². The number of aromatic nitrogens is 1. The van der Waals surface area contributed by atoms with Crippen molar-refractivity contribution in [1.29, 1.82) is 0 Å². The lowest BCUT2D eigenvalue weighted by molar-refractivity contribution is -0.121. The summed E-state index contributed by atoms with van der Waals surface area (Å²) in [5.41, 5.74) is 0.142. The van der Waals surface area contributed by atoms with Crippen LogP contribution in [0.25, 0.3) is 0 Å². The molecule has 0 bridgehead atoms. The number of halogens is 1. The van der Waals surface area contributed by atoms with Gasteiger partial charge in [-0.05, 0) is 31.5 Å². The van der Waals surface area contributed by atoms with Crippen molar-refractivity contribution in [2.75, 3.05) is 6.54 Å². The lowest BCUT2D eigenvalue weighted by Gasteiger charge is -2.09. The molecule has 2 rings (SSSR count). The smallest absolute Gasteiger partial charge is 0.276 e. The predicted molar refractivity (Wildman–Crippen MR) is 62.7 cm³/mol. The number of carbonyl (C=O) groups excluding carboxylic acids is 2. The van der Waals surface area contributed by atoms with Gasteiger partial charge in [0.2, 0.25) is 5.91 Å². The van der Waals surface area contributed by atoms with Crippen LogP contribution in [0.4, 0.5) is 0 Å². The van der Waals surface area contributed by atoms with Gasteiger partial charge in [-0.1, -0.05) is 17.7 Å². The fourth-order valence-electron chi connectivity index (χ4n) is 1.71. The van der Waals surface area contributed by atoms with Crippen LogP contribution in [0.1, 0.15) is 23.3 Å². The zero-order valence-corrected chi connectivity index (χ0v) is 9.83. The van der Waals surface area contributed by atoms with E-state index in [2.05, 4.69) is 15.6 Å². The van der Waals surface area contributed by atoms with E-state index in [1.807, 2.05) is 0 Å². The monoisotopic (exact) mass is 253 g/mol. The Morgan fingerprint density at radius 1 is 1.47 bits per heavy atom. The van der Waals surface area contributed by atoms with Crippen LogP contribution < -0.4 is 10.6 Å². The quantitative estimate of drug-likeness (QED) is 0.603. The minimum absolute atomic E-state index is 0.142. The molecule has 2 amide bonds. The fraction of sp³-hybridized carbons (Fsp3) is 0.364. The van der Waals surface area contributed by atoms with Gasteiger partial charge < -0.3 is 5.32 Å². The van der Waals surface area contributed by atoms with Crippen molar-refractivity contribution in [1.82, 2.24) is 15.6 Å². The standard InChI is InChI=1S/C11H12ClN3O2/c12-9-5-1-3-8(14-9)11(17)15-10(16)7-4-2-6-13-7/h1,3,5,7,13H,2,4,6H2,(H,15,16,17). The maximum atomic E-state index is 11.7. The molecule has 1 saturated heterocycles. The van der Waals surface area contributed by atoms with Crippen LogP contribution in [0.15, 0.2) is 18.2 Å². The lowest BCUT2D eigenvalue weighted by Crippen LogP contribution is -2.43. The first-order valence-corrected chi connectivity index (χ1v) is 5.76. The van der Waals surface area contributed by atoms with Crippen LogP contribution in [-0.4, -0.2) is 29.4 Å². The second-order valence-electron chi connectivity index (χ2n) is 3.81. The third kappa shape index (κ3) is 3.01. The van der Waals surface area contributed by atoms with E-state index in [1.165, 1.54) is 6.07 Å². The number of hydrogen-bond donors (Lipinski definition) is 2. The van der Waals surface area contributed by atoms with Gasteiger partial charge in [0, 0.05) is 0 Å². The average molecular weight is 254 g/mol. The van der Waals surface area contributed by atoms with Crippen molar-refractivity contribution in [3.8, 4) is 0 Å². The molecule has 0 spiro atoms. The van der Waals surface area contributed by atoms with Gasteiger partial charge in [-0.2, -0.15) is 0 Å². The molecule has 90 valence electrons. The number of nitrogens with zero attached hydrogens (tertiary/aromatic N) is 1. The van der Waals surface area contributed by atoms with Crippen LogP contribution in [0.5, 0.6) is 0 Å². The summed E-state index contributed by atoms with van der Waals surface area (Å²) in [5.74, 6) is -0.833. The molecule has 5 nitrogen and oxygen atoms in total. The summed E-state index contributed by atoms with van der Waals surface area (Å²) in [6, 6.07) is 4.41. The van der Waals surface area contributed by atoms with Gasteiger partial charge >= 0.3 is 0 Å². The third-order valence-corrected chi connectivity index (χ3v) is 2.77. The van der Waals surface area contributed by atoms with Crippen molar-refractivity contribution in [2.45, 2.75) is 18.9 Å². The van der Waals surface area contributed by atoms with E-state index >= 15 is 0 Å². The summed E-state index contributed by atoms with van der Waals surface area (Å²) in [5, 5.41) is 5.54. The van der Waals surface area contributed by atoms with Crippen molar-refractivity contribution in [3.05, 3.63) is 29.0 Å². The van der Waals surface area contributed by atoms with Gasteiger partial charge in [0.05, 0.1) is 6.04 Å². The molecule has 0 radical (unpaired) electrons. The van der Waals surface area contributed by atoms with Gasteiger partial charge in [0.15, 0.2) is 0 Å². The molecule has 2 heterocycles. The minimum Gasteiger partial charge on any atom is -0.306 e. The number of nitrogens with one attached hydrogen (secondary N) is 2. The third-order valence-electron chi connectivity index (χ3n) is 2.56. The molecule has 6 heteroatoms. The first-order valence-electron chi connectivity index (χ1n) is 5.38. The van der Waals surface area contributed by atoms with Crippen molar-refractivity contribution in [2.24, 2.45) is 0 Å². The van der Waals surface area contributed by atoms with Crippen molar-refractivity contribution < 1.29 is 9.59 Å². The number of carbonyl (C=O) groups is 2. The van der Waals surface area contributed by atoms with Crippen molar-refractivity contribution in [3.63, 3.8) is 0 Å². The van der Waals surface area contributed by atoms with Gasteiger partial charge in [0.25, 0.3) is 5.91 Å².